The lowest BCUT2D eigenvalue weighted by atomic mass is 10.0. The van der Waals surface area contributed by atoms with E-state index in [4.69, 9.17) is 0 Å². The van der Waals surface area contributed by atoms with Crippen molar-refractivity contribution in [2.75, 3.05) is 23.7 Å². The lowest BCUT2D eigenvalue weighted by molar-refractivity contribution is -0.142. The van der Waals surface area contributed by atoms with E-state index in [0.29, 0.717) is 43.5 Å². The smallest absolute Gasteiger partial charge is 0.326 e. The van der Waals surface area contributed by atoms with Crippen LogP contribution in [0.5, 0.6) is 0 Å². The number of amides is 2. The van der Waals surface area contributed by atoms with Gasteiger partial charge in [0, 0.05) is 37.8 Å². The van der Waals surface area contributed by atoms with E-state index in [1.807, 2.05) is 19.9 Å². The quantitative estimate of drug-likeness (QED) is 0.215. The zero-order chi connectivity index (χ0) is 31.0. The number of anilines is 2. The minimum absolute atomic E-state index is 0.00835. The summed E-state index contributed by atoms with van der Waals surface area (Å²) in [6.45, 7) is 4.74. The van der Waals surface area contributed by atoms with Crippen molar-refractivity contribution in [1.29, 1.82) is 0 Å². The molecule has 1 aliphatic rings. The van der Waals surface area contributed by atoms with Gasteiger partial charge in [0.05, 0.1) is 4.90 Å². The first-order valence-electron chi connectivity index (χ1n) is 14.2. The summed E-state index contributed by atoms with van der Waals surface area (Å²) in [5.74, 6) is -1.22. The molecule has 2 heterocycles. The van der Waals surface area contributed by atoms with Crippen molar-refractivity contribution in [3.63, 3.8) is 0 Å². The average Bonchev–Trinajstić information content (AvgIpc) is 3.49. The van der Waals surface area contributed by atoms with E-state index in [1.54, 1.807) is 48.7 Å². The molecule has 1 aromatic heterocycles. The molecule has 2 aromatic carbocycles. The summed E-state index contributed by atoms with van der Waals surface area (Å²) in [6, 6.07) is 14.4. The summed E-state index contributed by atoms with van der Waals surface area (Å²) >= 11 is 0. The van der Waals surface area contributed by atoms with Crippen LogP contribution in [0.4, 0.5) is 11.5 Å². The summed E-state index contributed by atoms with van der Waals surface area (Å²) in [5, 5.41) is 18.4. The standard InChI is InChI=1S/C31H37N5O6S/c1-21-18-22(2)29(33-20-21)32-16-6-11-28(37)34-24-14-12-23(13-15-24)19-26(31(39)40)35-30(38)27-10-7-17-36(27)43(41,42)25-8-4-3-5-9-25/h3-5,8-9,12-15,18,20,26-27H,6-7,10-11,16-17,19H2,1-2H3,(H,32,33)(H,34,37)(H,35,38)(H,39,40)/t26?,27-/m0/s1. The molecule has 12 heteroatoms. The lowest BCUT2D eigenvalue weighted by Crippen LogP contribution is -2.51. The van der Waals surface area contributed by atoms with Gasteiger partial charge in [-0.05, 0) is 74.1 Å². The molecule has 4 N–H and O–H groups in total. The number of pyridine rings is 1. The van der Waals surface area contributed by atoms with Gasteiger partial charge in [-0.1, -0.05) is 36.4 Å². The molecule has 0 bridgehead atoms. The Labute approximate surface area is 251 Å². The molecule has 11 nitrogen and oxygen atoms in total. The number of carbonyl (C=O) groups is 3. The molecule has 1 saturated heterocycles. The summed E-state index contributed by atoms with van der Waals surface area (Å²) in [6.07, 6.45) is 3.51. The van der Waals surface area contributed by atoms with Crippen molar-refractivity contribution in [2.45, 2.75) is 62.9 Å². The van der Waals surface area contributed by atoms with Crippen LogP contribution in [-0.2, 0) is 30.8 Å². The highest BCUT2D eigenvalue weighted by atomic mass is 32.2. The van der Waals surface area contributed by atoms with Gasteiger partial charge < -0.3 is 21.1 Å². The number of carboxylic acids is 1. The van der Waals surface area contributed by atoms with Crippen LogP contribution in [-0.4, -0.2) is 65.8 Å². The maximum Gasteiger partial charge on any atom is 0.326 e. The maximum atomic E-state index is 13.1. The Morgan fingerprint density at radius 3 is 2.47 bits per heavy atom. The third-order valence-electron chi connectivity index (χ3n) is 7.24. The van der Waals surface area contributed by atoms with Crippen LogP contribution < -0.4 is 16.0 Å². The summed E-state index contributed by atoms with van der Waals surface area (Å²) in [7, 11) is -3.90. The van der Waals surface area contributed by atoms with Crippen molar-refractivity contribution >= 4 is 39.3 Å². The van der Waals surface area contributed by atoms with E-state index in [2.05, 4.69) is 20.9 Å². The number of carbonyl (C=O) groups excluding carboxylic acids is 2. The monoisotopic (exact) mass is 607 g/mol. The normalized spacial score (nSPS) is 15.9. The number of nitrogens with zero attached hydrogens (tertiary/aromatic N) is 2. The molecule has 0 aliphatic carbocycles. The van der Waals surface area contributed by atoms with Gasteiger partial charge in [0.15, 0.2) is 0 Å². The highest BCUT2D eigenvalue weighted by Crippen LogP contribution is 2.26. The maximum absolute atomic E-state index is 13.1. The third kappa shape index (κ3) is 8.39. The Balaban J connectivity index is 1.28. The first-order chi connectivity index (χ1) is 20.5. The number of aliphatic carboxylic acids is 1. The van der Waals surface area contributed by atoms with Crippen molar-refractivity contribution in [3.05, 3.63) is 83.6 Å². The van der Waals surface area contributed by atoms with Gasteiger partial charge in [-0.3, -0.25) is 9.59 Å². The first kappa shape index (κ1) is 31.6. The molecule has 1 unspecified atom stereocenters. The summed E-state index contributed by atoms with van der Waals surface area (Å²) < 4.78 is 27.4. The third-order valence-corrected chi connectivity index (χ3v) is 9.16. The van der Waals surface area contributed by atoms with Crippen LogP contribution in [0.25, 0.3) is 0 Å². The summed E-state index contributed by atoms with van der Waals surface area (Å²) in [4.78, 5) is 41.9. The van der Waals surface area contributed by atoms with Crippen LogP contribution in [0, 0.1) is 13.8 Å². The van der Waals surface area contributed by atoms with Gasteiger partial charge in [-0.2, -0.15) is 4.31 Å². The van der Waals surface area contributed by atoms with Gasteiger partial charge in [-0.15, -0.1) is 0 Å². The molecule has 1 aliphatic heterocycles. The van der Waals surface area contributed by atoms with Crippen LogP contribution in [0.15, 0.2) is 71.8 Å². The number of hydrogen-bond donors (Lipinski definition) is 4. The second-order valence-electron chi connectivity index (χ2n) is 10.6. The van der Waals surface area contributed by atoms with Crippen molar-refractivity contribution in [1.82, 2.24) is 14.6 Å². The van der Waals surface area contributed by atoms with E-state index < -0.39 is 34.0 Å². The number of carboxylic acid groups (broad SMARTS) is 1. The van der Waals surface area contributed by atoms with E-state index >= 15 is 0 Å². The van der Waals surface area contributed by atoms with Gasteiger partial charge in [-0.25, -0.2) is 18.2 Å². The molecular formula is C31H37N5O6S. The molecular weight excluding hydrogens is 570 g/mol. The fraction of sp³-hybridized carbons (Fsp3) is 0.355. The number of aromatic nitrogens is 1. The van der Waals surface area contributed by atoms with Gasteiger partial charge in [0.25, 0.3) is 0 Å². The largest absolute Gasteiger partial charge is 0.480 e. The minimum Gasteiger partial charge on any atom is -0.480 e. The Morgan fingerprint density at radius 2 is 1.79 bits per heavy atom. The van der Waals surface area contributed by atoms with Gasteiger partial charge in [0.1, 0.15) is 17.9 Å². The number of aryl methyl sites for hydroxylation is 2. The molecule has 0 spiro atoms. The minimum atomic E-state index is -3.90. The molecule has 4 rings (SSSR count). The van der Waals surface area contributed by atoms with E-state index in [9.17, 15) is 27.9 Å². The Kier molecular flexibility index (Phi) is 10.5. The number of rotatable bonds is 13. The van der Waals surface area contributed by atoms with E-state index in [0.717, 1.165) is 21.2 Å². The van der Waals surface area contributed by atoms with E-state index in [-0.39, 0.29) is 23.8 Å². The second-order valence-corrected chi connectivity index (χ2v) is 12.5. The van der Waals surface area contributed by atoms with E-state index in [1.165, 1.54) is 12.1 Å². The molecule has 228 valence electrons. The Morgan fingerprint density at radius 1 is 1.07 bits per heavy atom. The van der Waals surface area contributed by atoms with Crippen molar-refractivity contribution in [3.8, 4) is 0 Å². The average molecular weight is 608 g/mol. The molecule has 1 fully saturated rings. The number of benzene rings is 2. The van der Waals surface area contributed by atoms with Crippen LogP contribution in [0.3, 0.4) is 0 Å². The zero-order valence-electron chi connectivity index (χ0n) is 24.2. The lowest BCUT2D eigenvalue weighted by Gasteiger charge is -2.25. The fourth-order valence-corrected chi connectivity index (χ4v) is 6.70. The highest BCUT2D eigenvalue weighted by Gasteiger charge is 2.40. The highest BCUT2D eigenvalue weighted by molar-refractivity contribution is 7.89. The van der Waals surface area contributed by atoms with Crippen LogP contribution >= 0.6 is 0 Å². The van der Waals surface area contributed by atoms with Crippen LogP contribution in [0.1, 0.15) is 42.4 Å². The Bertz CT molecular complexity index is 1550. The molecule has 3 aromatic rings. The first-order valence-corrected chi connectivity index (χ1v) is 15.6. The molecule has 0 saturated carbocycles. The molecule has 0 radical (unpaired) electrons. The van der Waals surface area contributed by atoms with Crippen molar-refractivity contribution < 1.29 is 27.9 Å². The number of sulfonamides is 1. The second kappa shape index (κ2) is 14.3. The number of hydrogen-bond acceptors (Lipinski definition) is 7. The van der Waals surface area contributed by atoms with Crippen LogP contribution in [0.2, 0.25) is 0 Å². The topological polar surface area (TPSA) is 158 Å². The van der Waals surface area contributed by atoms with Gasteiger partial charge in [0.2, 0.25) is 21.8 Å². The molecule has 2 atom stereocenters. The molecule has 43 heavy (non-hydrogen) atoms. The fourth-order valence-electron chi connectivity index (χ4n) is 5.03. The van der Waals surface area contributed by atoms with Crippen molar-refractivity contribution in [2.24, 2.45) is 0 Å². The predicted molar refractivity (Wildman–Crippen MR) is 163 cm³/mol. The number of nitrogens with one attached hydrogen (secondary N) is 3. The van der Waals surface area contributed by atoms with Gasteiger partial charge >= 0.3 is 5.97 Å². The molecule has 2 amide bonds. The zero-order valence-corrected chi connectivity index (χ0v) is 25.1. The predicted octanol–water partition coefficient (Wildman–Crippen LogP) is 3.49. The SMILES string of the molecule is Cc1cnc(NCCCC(=O)Nc2ccc(CC(NC(=O)[C@@H]3CCCN3S(=O)(=O)c3ccccc3)C(=O)O)cc2)c(C)c1. The Hall–Kier alpha value is -4.29. The summed E-state index contributed by atoms with van der Waals surface area (Å²) in [5.41, 5.74) is 3.34.